The smallest absolute Gasteiger partial charge is 0.134 e. The lowest BCUT2D eigenvalue weighted by atomic mass is 9.94. The third kappa shape index (κ3) is 1.30. The molecule has 1 fully saturated rings. The maximum Gasteiger partial charge on any atom is 0.134 e. The van der Waals surface area contributed by atoms with Crippen LogP contribution in [0.5, 0.6) is 5.75 Å². The summed E-state index contributed by atoms with van der Waals surface area (Å²) in [6.45, 7) is 3.88. The summed E-state index contributed by atoms with van der Waals surface area (Å²) in [5.74, 6) is 0.148. The standard InChI is InChI=1S/C11H14ClNO/c1-6-5-8(14)10(12)7(2)9(6)11(13)3-4-11/h5,14H,3-4,13H2,1-2H3. The van der Waals surface area contributed by atoms with Gasteiger partial charge in [-0.05, 0) is 49.4 Å². The normalized spacial score (nSPS) is 18.3. The number of hydrogen-bond donors (Lipinski definition) is 2. The van der Waals surface area contributed by atoms with Crippen LogP contribution in [-0.2, 0) is 5.54 Å². The highest BCUT2D eigenvalue weighted by Crippen LogP contribution is 2.48. The molecule has 0 unspecified atom stereocenters. The maximum atomic E-state index is 9.52. The van der Waals surface area contributed by atoms with E-state index in [0.29, 0.717) is 5.02 Å². The minimum Gasteiger partial charge on any atom is -0.506 e. The number of phenols is 1. The van der Waals surface area contributed by atoms with Gasteiger partial charge in [-0.15, -0.1) is 0 Å². The van der Waals surface area contributed by atoms with Gasteiger partial charge in [0.1, 0.15) is 5.75 Å². The quantitative estimate of drug-likeness (QED) is 0.750. The van der Waals surface area contributed by atoms with Crippen molar-refractivity contribution in [1.29, 1.82) is 0 Å². The fraction of sp³-hybridized carbons (Fsp3) is 0.455. The first-order chi connectivity index (χ1) is 6.46. The predicted molar refractivity (Wildman–Crippen MR) is 57.7 cm³/mol. The summed E-state index contributed by atoms with van der Waals surface area (Å²) < 4.78 is 0. The highest BCUT2D eigenvalue weighted by Gasteiger charge is 2.42. The van der Waals surface area contributed by atoms with Crippen LogP contribution in [0.15, 0.2) is 6.07 Å². The second-order valence-corrected chi connectivity index (χ2v) is 4.56. The summed E-state index contributed by atoms with van der Waals surface area (Å²) in [6.07, 6.45) is 2.02. The van der Waals surface area contributed by atoms with Crippen LogP contribution in [0.3, 0.4) is 0 Å². The lowest BCUT2D eigenvalue weighted by molar-refractivity contribution is 0.474. The molecule has 0 heterocycles. The third-order valence-electron chi connectivity index (χ3n) is 2.96. The second-order valence-electron chi connectivity index (χ2n) is 4.18. The molecular formula is C11H14ClNO. The van der Waals surface area contributed by atoms with Crippen molar-refractivity contribution in [3.8, 4) is 5.75 Å². The number of benzene rings is 1. The van der Waals surface area contributed by atoms with Gasteiger partial charge in [0, 0.05) is 5.54 Å². The van der Waals surface area contributed by atoms with E-state index in [1.165, 1.54) is 0 Å². The Labute approximate surface area is 88.7 Å². The van der Waals surface area contributed by atoms with Gasteiger partial charge in [-0.25, -0.2) is 0 Å². The summed E-state index contributed by atoms with van der Waals surface area (Å²) in [5.41, 5.74) is 9.02. The molecule has 1 aromatic rings. The summed E-state index contributed by atoms with van der Waals surface area (Å²) in [7, 11) is 0. The van der Waals surface area contributed by atoms with Crippen LogP contribution >= 0.6 is 11.6 Å². The molecule has 1 saturated carbocycles. The number of rotatable bonds is 1. The van der Waals surface area contributed by atoms with E-state index in [1.807, 2.05) is 13.8 Å². The zero-order valence-electron chi connectivity index (χ0n) is 8.39. The molecule has 2 rings (SSSR count). The number of nitrogens with two attached hydrogens (primary N) is 1. The molecule has 14 heavy (non-hydrogen) atoms. The van der Waals surface area contributed by atoms with Crippen LogP contribution in [-0.4, -0.2) is 5.11 Å². The third-order valence-corrected chi connectivity index (χ3v) is 3.44. The summed E-state index contributed by atoms with van der Waals surface area (Å²) in [4.78, 5) is 0. The molecule has 3 N–H and O–H groups in total. The van der Waals surface area contributed by atoms with Crippen molar-refractivity contribution in [2.45, 2.75) is 32.2 Å². The fourth-order valence-corrected chi connectivity index (χ4v) is 2.24. The zero-order chi connectivity index (χ0) is 10.5. The average Bonchev–Trinajstić information content (AvgIpc) is 2.80. The van der Waals surface area contributed by atoms with Gasteiger partial charge in [0.25, 0.3) is 0 Å². The lowest BCUT2D eigenvalue weighted by Crippen LogP contribution is -2.21. The monoisotopic (exact) mass is 211 g/mol. The van der Waals surface area contributed by atoms with E-state index in [4.69, 9.17) is 17.3 Å². The van der Waals surface area contributed by atoms with E-state index in [9.17, 15) is 5.11 Å². The molecule has 1 aromatic carbocycles. The second kappa shape index (κ2) is 2.88. The molecule has 76 valence electrons. The van der Waals surface area contributed by atoms with Crippen LogP contribution in [0.1, 0.15) is 29.5 Å². The van der Waals surface area contributed by atoms with Gasteiger partial charge in [-0.3, -0.25) is 0 Å². The number of hydrogen-bond acceptors (Lipinski definition) is 2. The average molecular weight is 212 g/mol. The highest BCUT2D eigenvalue weighted by atomic mass is 35.5. The fourth-order valence-electron chi connectivity index (χ4n) is 2.09. The van der Waals surface area contributed by atoms with E-state index in [-0.39, 0.29) is 11.3 Å². The van der Waals surface area contributed by atoms with Crippen LogP contribution < -0.4 is 5.73 Å². The van der Waals surface area contributed by atoms with E-state index in [1.54, 1.807) is 6.07 Å². The molecule has 0 saturated heterocycles. The number of halogens is 1. The van der Waals surface area contributed by atoms with Gasteiger partial charge in [0.2, 0.25) is 0 Å². The van der Waals surface area contributed by atoms with Crippen molar-refractivity contribution in [2.75, 3.05) is 0 Å². The van der Waals surface area contributed by atoms with Gasteiger partial charge >= 0.3 is 0 Å². The molecule has 0 radical (unpaired) electrons. The van der Waals surface area contributed by atoms with Crippen LogP contribution in [0.2, 0.25) is 5.02 Å². The number of phenolic OH excluding ortho intramolecular Hbond substituents is 1. The Balaban J connectivity index is 2.65. The van der Waals surface area contributed by atoms with Gasteiger partial charge < -0.3 is 10.8 Å². The van der Waals surface area contributed by atoms with E-state index in [0.717, 1.165) is 29.5 Å². The Kier molecular flexibility index (Phi) is 2.02. The number of aryl methyl sites for hydroxylation is 1. The Morgan fingerprint density at radius 2 is 2.00 bits per heavy atom. The topological polar surface area (TPSA) is 46.2 Å². The molecule has 1 aliphatic rings. The largest absolute Gasteiger partial charge is 0.506 e. The molecule has 3 heteroatoms. The molecule has 0 bridgehead atoms. The van der Waals surface area contributed by atoms with Crippen molar-refractivity contribution < 1.29 is 5.11 Å². The Morgan fingerprint density at radius 3 is 2.50 bits per heavy atom. The molecule has 0 atom stereocenters. The zero-order valence-corrected chi connectivity index (χ0v) is 9.15. The van der Waals surface area contributed by atoms with Crippen LogP contribution in [0, 0.1) is 13.8 Å². The van der Waals surface area contributed by atoms with Crippen molar-refractivity contribution in [3.05, 3.63) is 27.8 Å². The molecular weight excluding hydrogens is 198 g/mol. The van der Waals surface area contributed by atoms with E-state index in [2.05, 4.69) is 0 Å². The molecule has 0 aliphatic heterocycles. The minimum atomic E-state index is -0.189. The Hall–Kier alpha value is -0.730. The van der Waals surface area contributed by atoms with Crippen molar-refractivity contribution in [3.63, 3.8) is 0 Å². The van der Waals surface area contributed by atoms with Crippen LogP contribution in [0.4, 0.5) is 0 Å². The first-order valence-corrected chi connectivity index (χ1v) is 5.11. The molecule has 0 amide bonds. The van der Waals surface area contributed by atoms with Gasteiger partial charge in [0.05, 0.1) is 5.02 Å². The number of aromatic hydroxyl groups is 1. The SMILES string of the molecule is Cc1cc(O)c(Cl)c(C)c1C1(N)CC1. The summed E-state index contributed by atoms with van der Waals surface area (Å²) in [5, 5.41) is 9.95. The Bertz CT molecular complexity index is 397. The van der Waals surface area contributed by atoms with Crippen molar-refractivity contribution >= 4 is 11.6 Å². The van der Waals surface area contributed by atoms with Gasteiger partial charge in [-0.2, -0.15) is 0 Å². The first-order valence-electron chi connectivity index (χ1n) is 4.74. The molecule has 2 nitrogen and oxygen atoms in total. The van der Waals surface area contributed by atoms with E-state index < -0.39 is 0 Å². The highest BCUT2D eigenvalue weighted by molar-refractivity contribution is 6.32. The molecule has 0 aromatic heterocycles. The predicted octanol–water partition coefficient (Wildman–Crippen LogP) is 2.61. The Morgan fingerprint density at radius 1 is 1.43 bits per heavy atom. The van der Waals surface area contributed by atoms with Gasteiger partial charge in [0.15, 0.2) is 0 Å². The minimum absolute atomic E-state index is 0.148. The van der Waals surface area contributed by atoms with Crippen LogP contribution in [0.25, 0.3) is 0 Å². The summed E-state index contributed by atoms with van der Waals surface area (Å²) >= 11 is 5.98. The maximum absolute atomic E-state index is 9.52. The van der Waals surface area contributed by atoms with E-state index >= 15 is 0 Å². The molecule has 0 spiro atoms. The molecule has 1 aliphatic carbocycles. The van der Waals surface area contributed by atoms with Gasteiger partial charge in [-0.1, -0.05) is 11.6 Å². The lowest BCUT2D eigenvalue weighted by Gasteiger charge is -2.18. The van der Waals surface area contributed by atoms with Crippen molar-refractivity contribution in [2.24, 2.45) is 5.73 Å². The summed E-state index contributed by atoms with van der Waals surface area (Å²) in [6, 6.07) is 1.69. The van der Waals surface area contributed by atoms with Crippen molar-refractivity contribution in [1.82, 2.24) is 0 Å². The first kappa shape index (κ1) is 9.81.